The van der Waals surface area contributed by atoms with Gasteiger partial charge in [0.15, 0.2) is 0 Å². The van der Waals surface area contributed by atoms with Crippen LogP contribution < -0.4 is 0 Å². The van der Waals surface area contributed by atoms with Gasteiger partial charge in [0.2, 0.25) is 0 Å². The van der Waals surface area contributed by atoms with Gasteiger partial charge in [-0.3, -0.25) is 0 Å². The molecule has 2 aromatic rings. The minimum Gasteiger partial charge on any atom is -0.0649 e. The highest BCUT2D eigenvalue weighted by atomic mass is 14.6. The SMILES string of the molecule is CC1(C)CC(C)(C)C(C)(C)C1.CC1(C)CCC(C)(C)CC1.CC1(C)CCCC1.CC1C(C)(C)CC(C)(C)CC1(C)C.CC1C(C)(C)CC2(CCCCC2)CC1(C)C.CC1C(C)(C)CCCC1(C)C.CC1CC(C)(C)CC(C)(C)C1.[2H]C([2H])(C)C1(C)CCCC1.[2H]C1(C)CCC2(CCCCC2)CC1.[2H]C1(C)c2ccccc2C(C)(C)c2ccccc21. The largest absolute Gasteiger partial charge is 0.0649 e. The van der Waals surface area contributed by atoms with Crippen LogP contribution >= 0.6 is 0 Å². The van der Waals surface area contributed by atoms with E-state index in [0.29, 0.717) is 92.1 Å². The van der Waals surface area contributed by atoms with E-state index in [9.17, 15) is 0 Å². The fraction of sp³-hybridized carbons (Fsp3) is 0.897. The number of fused-ring (bicyclic) bond motifs is 2. The average molecular weight is 1610 g/mol. The Morgan fingerprint density at radius 3 is 0.888 bits per heavy atom. The van der Waals surface area contributed by atoms with E-state index < -0.39 is 12.3 Å². The van der Waals surface area contributed by atoms with Gasteiger partial charge in [0.05, 0.1) is 0 Å². The lowest BCUT2D eigenvalue weighted by atomic mass is 9.47. The maximum absolute atomic E-state index is 8.77. The molecular weight excluding hydrogens is 1390 g/mol. The summed E-state index contributed by atoms with van der Waals surface area (Å²) in [4.78, 5) is 0. The van der Waals surface area contributed by atoms with E-state index in [1.165, 1.54) is 229 Å². The minimum atomic E-state index is -0.983. The summed E-state index contributed by atoms with van der Waals surface area (Å²) in [7, 11) is 0. The number of benzene rings is 2. The van der Waals surface area contributed by atoms with Gasteiger partial charge in [-0.2, -0.15) is 0 Å². The summed E-state index contributed by atoms with van der Waals surface area (Å²) in [5, 5.41) is 0. The van der Waals surface area contributed by atoms with Crippen LogP contribution in [0, 0.1) is 127 Å². The van der Waals surface area contributed by atoms with Crippen molar-refractivity contribution >= 4 is 0 Å². The predicted octanol–water partition coefficient (Wildman–Crippen LogP) is 39.3. The fourth-order valence-corrected chi connectivity index (χ4v) is 28.1. The molecule has 0 radical (unpaired) electrons. The smallest absolute Gasteiger partial charge is 0.0399 e. The number of rotatable bonds is 1. The van der Waals surface area contributed by atoms with Gasteiger partial charge in [-0.1, -0.05) is 415 Å². The fourth-order valence-electron chi connectivity index (χ4n) is 28.1. The molecule has 0 nitrogen and oxygen atoms in total. The molecule has 0 unspecified atom stereocenters. The van der Waals surface area contributed by atoms with Crippen molar-refractivity contribution in [3.8, 4) is 0 Å². The van der Waals surface area contributed by atoms with Gasteiger partial charge in [0.1, 0.15) is 0 Å². The maximum Gasteiger partial charge on any atom is 0.0399 e. The van der Waals surface area contributed by atoms with Crippen molar-refractivity contribution in [2.45, 2.75) is 539 Å². The highest BCUT2D eigenvalue weighted by Crippen LogP contribution is 2.64. The van der Waals surface area contributed by atoms with Crippen LogP contribution in [0.1, 0.15) is 561 Å². The molecule has 2 aromatic carbocycles. The Hall–Kier alpha value is -1.56. The second-order valence-corrected chi connectivity index (χ2v) is 55.3. The molecule has 11 saturated carbocycles. The normalized spacial score (nSPS) is 29.9. The molecule has 0 amide bonds. The third-order valence-electron chi connectivity index (χ3n) is 35.9. The molecule has 0 bridgehead atoms. The van der Waals surface area contributed by atoms with Gasteiger partial charge in [-0.15, -0.1) is 0 Å². The van der Waals surface area contributed by atoms with Crippen molar-refractivity contribution in [1.82, 2.24) is 0 Å². The Labute approximate surface area is 737 Å². The summed E-state index contributed by atoms with van der Waals surface area (Å²) in [6, 6.07) is 16.7. The Kier molecular flexibility index (Phi) is 33.8. The number of hydrogen-bond acceptors (Lipinski definition) is 0. The molecule has 0 N–H and O–H groups in total. The zero-order valence-corrected chi connectivity index (χ0v) is 86.8. The van der Waals surface area contributed by atoms with Crippen molar-refractivity contribution in [2.24, 2.45) is 127 Å². The lowest BCUT2D eigenvalue weighted by molar-refractivity contribution is -0.0743. The molecule has 676 valence electrons. The van der Waals surface area contributed by atoms with Gasteiger partial charge in [0.25, 0.3) is 0 Å². The van der Waals surface area contributed by atoms with Gasteiger partial charge < -0.3 is 0 Å². The first-order valence-corrected chi connectivity index (χ1v) is 50.0. The third-order valence-corrected chi connectivity index (χ3v) is 35.9. The second kappa shape index (κ2) is 40.0. The van der Waals surface area contributed by atoms with Crippen molar-refractivity contribution in [3.63, 3.8) is 0 Å². The molecule has 0 heterocycles. The topological polar surface area (TPSA) is 0 Å². The van der Waals surface area contributed by atoms with Crippen molar-refractivity contribution < 1.29 is 5.48 Å². The van der Waals surface area contributed by atoms with E-state index in [4.69, 9.17) is 5.48 Å². The van der Waals surface area contributed by atoms with Gasteiger partial charge >= 0.3 is 0 Å². The molecule has 0 atom stereocenters. The molecule has 12 aliphatic rings. The quantitative estimate of drug-likeness (QED) is 0.267. The van der Waals surface area contributed by atoms with E-state index >= 15 is 0 Å². The van der Waals surface area contributed by atoms with Crippen molar-refractivity contribution in [2.75, 3.05) is 0 Å². The van der Waals surface area contributed by atoms with E-state index in [1.54, 1.807) is 6.92 Å². The first kappa shape index (κ1) is 98.2. The highest BCUT2D eigenvalue weighted by molar-refractivity contribution is 5.55. The minimum absolute atomic E-state index is 0.0201. The maximum atomic E-state index is 8.77. The molecule has 14 rings (SSSR count). The predicted molar refractivity (Wildman–Crippen MR) is 524 cm³/mol. The third kappa shape index (κ3) is 30.9. The molecule has 12 aliphatic carbocycles. The van der Waals surface area contributed by atoms with E-state index in [1.807, 2.05) is 19.1 Å². The molecule has 0 aliphatic heterocycles. The van der Waals surface area contributed by atoms with Gasteiger partial charge in [-0.25, -0.2) is 0 Å². The Bertz CT molecular complexity index is 3170. The average Bonchev–Trinajstić information content (AvgIpc) is 0.803. The van der Waals surface area contributed by atoms with Crippen LogP contribution in [0.4, 0.5) is 0 Å². The van der Waals surface area contributed by atoms with E-state index in [-0.39, 0.29) is 16.7 Å². The molecule has 2 spiro atoms. The highest BCUT2D eigenvalue weighted by Gasteiger charge is 2.53. The van der Waals surface area contributed by atoms with Gasteiger partial charge in [-0.05, 0) is 310 Å². The molecule has 0 saturated heterocycles. The van der Waals surface area contributed by atoms with Crippen molar-refractivity contribution in [1.29, 1.82) is 0 Å². The van der Waals surface area contributed by atoms with Crippen molar-refractivity contribution in [3.05, 3.63) is 70.8 Å². The van der Waals surface area contributed by atoms with E-state index in [2.05, 4.69) is 300 Å². The molecule has 116 heavy (non-hydrogen) atoms. The molecule has 0 aromatic heterocycles. The Morgan fingerprint density at radius 1 is 0.284 bits per heavy atom. The summed E-state index contributed by atoms with van der Waals surface area (Å²) >= 11 is 0. The van der Waals surface area contributed by atoms with Gasteiger partial charge in [0, 0.05) is 16.8 Å². The monoisotopic (exact) mass is 1610 g/mol. The second-order valence-electron chi connectivity index (χ2n) is 55.3. The lowest BCUT2D eigenvalue weighted by Gasteiger charge is -2.58. The lowest BCUT2D eigenvalue weighted by Crippen LogP contribution is -2.48. The number of hydrogen-bond donors (Lipinski definition) is 0. The zero-order valence-electron chi connectivity index (χ0n) is 90.8. The van der Waals surface area contributed by atoms with Crippen LogP contribution in [0.25, 0.3) is 0 Å². The standard InChI is InChI=1S/C17H18.C16H30.C13H26.C12H22.3C11H22.C10H20.C8H16.C7H14/c1-12-13-8-4-6-10-15(13)17(2,3)16-11-7-5-9-14(12)16;1-13-14(2,3)11-16(12-15(13,4)5)9-7-6-8-10-16;1-10-12(4,5)8-11(2,3)9-13(10,6)7;1-11-5-9-12(10-6-11)7-3-2-4-8-12;1-9-6-10(2,3)8-11(4,5)7-9;1-9(2)7-10(3,4)11(5,6)8-9;1-9-10(2,3)7-6-8-11(9,4)5;1-9(2)5-7-10(3,4)8-6-9;1-3-8(2)6-4-5-7-8;1-7(2)5-3-4-6-7/h4-12H,1-3H3;13H,6-12H2,1-5H3;10H,8-9H2,1-7H3;11H,2-10H2,1H3;9H,6-8H2,1-5H3;7-8H2,1-6H3;9H,6-8H2,1-5H3;5-8H2,1-4H3;3-7H2,1-2H3;3-6H2,1-2H3/i12D;;;11D;;;;;3D2;. The van der Waals surface area contributed by atoms with Crippen LogP contribution in [-0.4, -0.2) is 0 Å². The molecule has 0 heteroatoms. The first-order chi connectivity index (χ1) is 53.8. The first-order valence-electron chi connectivity index (χ1n) is 52.0. The summed E-state index contributed by atoms with van der Waals surface area (Å²) in [6.07, 6.45) is 51.7. The van der Waals surface area contributed by atoms with Crippen LogP contribution in [0.15, 0.2) is 48.5 Å². The molecule has 11 fully saturated rings. The van der Waals surface area contributed by atoms with E-state index in [0.717, 1.165) is 60.5 Å². The van der Waals surface area contributed by atoms with Crippen LogP contribution in [0.5, 0.6) is 0 Å². The zero-order chi connectivity index (χ0) is 92.1. The van der Waals surface area contributed by atoms with Crippen LogP contribution in [0.2, 0.25) is 0 Å². The van der Waals surface area contributed by atoms with Crippen LogP contribution in [0.3, 0.4) is 0 Å². The molecular formula is C116H212. The summed E-state index contributed by atoms with van der Waals surface area (Å²) < 4.78 is 32.0. The van der Waals surface area contributed by atoms with Crippen LogP contribution in [-0.2, 0) is 5.41 Å². The Balaban J connectivity index is 0.000000239. The summed E-state index contributed by atoms with van der Waals surface area (Å²) in [5.41, 5.74) is 14.7. The Morgan fingerprint density at radius 2 is 0.586 bits per heavy atom. The summed E-state index contributed by atoms with van der Waals surface area (Å²) in [5.74, 6) is 2.73. The summed E-state index contributed by atoms with van der Waals surface area (Å²) in [6.45, 7) is 94.7.